The van der Waals surface area contributed by atoms with Gasteiger partial charge in [-0.15, -0.1) is 0 Å². The Morgan fingerprint density at radius 3 is 2.90 bits per heavy atom. The van der Waals surface area contributed by atoms with E-state index in [2.05, 4.69) is 10.5 Å². The van der Waals surface area contributed by atoms with Crippen LogP contribution in [0.15, 0.2) is 23.4 Å². The molecule has 1 aromatic carbocycles. The zero-order valence-electron chi connectivity index (χ0n) is 11.4. The van der Waals surface area contributed by atoms with Crippen molar-refractivity contribution in [3.05, 3.63) is 29.6 Å². The first-order chi connectivity index (χ1) is 9.49. The highest BCUT2D eigenvalue weighted by molar-refractivity contribution is 6.05. The van der Waals surface area contributed by atoms with E-state index in [1.165, 1.54) is 12.1 Å². The number of methoxy groups -OCH3 is 1. The van der Waals surface area contributed by atoms with Crippen LogP contribution in [0.1, 0.15) is 25.3 Å². The van der Waals surface area contributed by atoms with E-state index in [9.17, 15) is 9.18 Å². The van der Waals surface area contributed by atoms with Crippen LogP contribution in [-0.4, -0.2) is 30.2 Å². The summed E-state index contributed by atoms with van der Waals surface area (Å²) in [6.07, 6.45) is 0.717. The van der Waals surface area contributed by atoms with Crippen LogP contribution in [0.5, 0.6) is 0 Å². The van der Waals surface area contributed by atoms with E-state index >= 15 is 0 Å². The lowest BCUT2D eigenvalue weighted by Crippen LogP contribution is -2.21. The zero-order valence-corrected chi connectivity index (χ0v) is 11.4. The second-order valence-electron chi connectivity index (χ2n) is 4.28. The number of hydrogen-bond acceptors (Lipinski definition) is 4. The molecule has 1 unspecified atom stereocenters. The number of carbonyl (C=O) groups excluding carboxylic acids is 1. The molecule has 1 atom stereocenters. The standard InChI is InChI=1S/C13H18FN3O3/c1-8(20-2)6-7-11(18)16-10-5-3-4-9(14)12(10)13(15)17-19/h3-5,8,19H,6-7H2,1-2H3,(H2,15,17)(H,16,18). The van der Waals surface area contributed by atoms with E-state index in [0.717, 1.165) is 6.07 Å². The summed E-state index contributed by atoms with van der Waals surface area (Å²) in [5.41, 5.74) is 5.43. The maximum absolute atomic E-state index is 13.7. The third kappa shape index (κ3) is 4.20. The number of nitrogens with two attached hydrogens (primary N) is 1. The number of carbonyl (C=O) groups is 1. The fraction of sp³-hybridized carbons (Fsp3) is 0.385. The average molecular weight is 283 g/mol. The molecule has 6 nitrogen and oxygen atoms in total. The van der Waals surface area contributed by atoms with Gasteiger partial charge in [-0.1, -0.05) is 11.2 Å². The van der Waals surface area contributed by atoms with Gasteiger partial charge in [-0.25, -0.2) is 4.39 Å². The molecule has 4 N–H and O–H groups in total. The molecule has 0 aliphatic carbocycles. The number of ether oxygens (including phenoxy) is 1. The van der Waals surface area contributed by atoms with Crippen molar-refractivity contribution < 1.29 is 19.1 Å². The van der Waals surface area contributed by atoms with Crippen LogP contribution in [0, 0.1) is 5.82 Å². The number of amides is 1. The first-order valence-electron chi connectivity index (χ1n) is 6.08. The number of rotatable bonds is 6. The van der Waals surface area contributed by atoms with E-state index in [4.69, 9.17) is 15.7 Å². The van der Waals surface area contributed by atoms with Crippen molar-refractivity contribution in [2.45, 2.75) is 25.9 Å². The lowest BCUT2D eigenvalue weighted by Gasteiger charge is -2.12. The largest absolute Gasteiger partial charge is 0.409 e. The van der Waals surface area contributed by atoms with Crippen LogP contribution in [-0.2, 0) is 9.53 Å². The predicted octanol–water partition coefficient (Wildman–Crippen LogP) is 1.67. The Morgan fingerprint density at radius 2 is 2.30 bits per heavy atom. The highest BCUT2D eigenvalue weighted by atomic mass is 19.1. The molecule has 7 heteroatoms. The molecule has 0 saturated carbocycles. The molecule has 20 heavy (non-hydrogen) atoms. The SMILES string of the molecule is COC(C)CCC(=O)Nc1cccc(F)c1/C(N)=N/O. The first-order valence-corrected chi connectivity index (χ1v) is 6.08. The molecule has 0 aromatic heterocycles. The van der Waals surface area contributed by atoms with Crippen molar-refractivity contribution in [2.75, 3.05) is 12.4 Å². The first kappa shape index (κ1) is 15.9. The Labute approximate surface area is 116 Å². The molecule has 0 saturated heterocycles. The van der Waals surface area contributed by atoms with Crippen LogP contribution in [0.3, 0.4) is 0 Å². The maximum Gasteiger partial charge on any atom is 0.224 e. The lowest BCUT2D eigenvalue weighted by atomic mass is 10.1. The number of anilines is 1. The molecule has 0 heterocycles. The van der Waals surface area contributed by atoms with Crippen molar-refractivity contribution in [1.82, 2.24) is 0 Å². The summed E-state index contributed by atoms with van der Waals surface area (Å²) in [7, 11) is 1.56. The maximum atomic E-state index is 13.7. The normalized spacial score (nSPS) is 13.1. The number of nitrogens with one attached hydrogen (secondary N) is 1. The van der Waals surface area contributed by atoms with E-state index in [-0.39, 0.29) is 29.7 Å². The van der Waals surface area contributed by atoms with Crippen LogP contribution in [0.2, 0.25) is 0 Å². The van der Waals surface area contributed by atoms with Crippen LogP contribution in [0.25, 0.3) is 0 Å². The molecule has 110 valence electrons. The molecule has 1 amide bonds. The molecule has 0 fully saturated rings. The minimum Gasteiger partial charge on any atom is -0.409 e. The van der Waals surface area contributed by atoms with Crippen LogP contribution in [0.4, 0.5) is 10.1 Å². The van der Waals surface area contributed by atoms with Gasteiger partial charge in [-0.2, -0.15) is 0 Å². The fourth-order valence-electron chi connectivity index (χ4n) is 1.60. The van der Waals surface area contributed by atoms with Gasteiger partial charge in [-0.05, 0) is 25.5 Å². The monoisotopic (exact) mass is 283 g/mol. The minimum absolute atomic E-state index is 0.0446. The van der Waals surface area contributed by atoms with Crippen molar-refractivity contribution in [3.8, 4) is 0 Å². The van der Waals surface area contributed by atoms with Gasteiger partial charge in [0, 0.05) is 13.5 Å². The summed E-state index contributed by atoms with van der Waals surface area (Å²) in [5.74, 6) is -1.38. The van der Waals surface area contributed by atoms with Gasteiger partial charge >= 0.3 is 0 Å². The Bertz CT molecular complexity index is 506. The summed E-state index contributed by atoms with van der Waals surface area (Å²) >= 11 is 0. The van der Waals surface area contributed by atoms with Gasteiger partial charge in [0.1, 0.15) is 5.82 Å². The number of benzene rings is 1. The average Bonchev–Trinajstić information content (AvgIpc) is 2.44. The quantitative estimate of drug-likeness (QED) is 0.320. The van der Waals surface area contributed by atoms with E-state index < -0.39 is 11.7 Å². The van der Waals surface area contributed by atoms with Crippen molar-refractivity contribution in [2.24, 2.45) is 10.9 Å². The van der Waals surface area contributed by atoms with Gasteiger partial charge in [-0.3, -0.25) is 4.79 Å². The zero-order chi connectivity index (χ0) is 15.1. The Morgan fingerprint density at radius 1 is 1.60 bits per heavy atom. The van der Waals surface area contributed by atoms with Gasteiger partial charge in [0.2, 0.25) is 5.91 Å². The second kappa shape index (κ2) is 7.44. The number of hydrogen-bond donors (Lipinski definition) is 3. The van der Waals surface area contributed by atoms with Crippen molar-refractivity contribution in [3.63, 3.8) is 0 Å². The summed E-state index contributed by atoms with van der Waals surface area (Å²) in [6, 6.07) is 4.07. The van der Waals surface area contributed by atoms with Gasteiger partial charge < -0.3 is 21.0 Å². The summed E-state index contributed by atoms with van der Waals surface area (Å²) in [5, 5.41) is 13.9. The summed E-state index contributed by atoms with van der Waals surface area (Å²) in [6.45, 7) is 1.84. The van der Waals surface area contributed by atoms with Gasteiger partial charge in [0.15, 0.2) is 5.84 Å². The lowest BCUT2D eigenvalue weighted by molar-refractivity contribution is -0.116. The fourth-order valence-corrected chi connectivity index (χ4v) is 1.60. The number of nitrogens with zero attached hydrogens (tertiary/aromatic N) is 1. The summed E-state index contributed by atoms with van der Waals surface area (Å²) < 4.78 is 18.7. The van der Waals surface area contributed by atoms with E-state index in [1.807, 2.05) is 6.92 Å². The smallest absolute Gasteiger partial charge is 0.224 e. The Kier molecular flexibility index (Phi) is 5.92. The van der Waals surface area contributed by atoms with Crippen LogP contribution < -0.4 is 11.1 Å². The highest BCUT2D eigenvalue weighted by Gasteiger charge is 2.15. The Hall–Kier alpha value is -2.15. The second-order valence-corrected chi connectivity index (χ2v) is 4.28. The Balaban J connectivity index is 2.82. The minimum atomic E-state index is -0.677. The third-order valence-corrected chi connectivity index (χ3v) is 2.83. The number of amidine groups is 1. The molecule has 0 radical (unpaired) electrons. The molecule has 0 aliphatic rings. The summed E-state index contributed by atoms with van der Waals surface area (Å²) in [4.78, 5) is 11.8. The molecular weight excluding hydrogens is 265 g/mol. The highest BCUT2D eigenvalue weighted by Crippen LogP contribution is 2.19. The molecule has 0 bridgehead atoms. The number of halogens is 1. The van der Waals surface area contributed by atoms with Gasteiger partial charge in [0.25, 0.3) is 0 Å². The molecule has 0 spiro atoms. The van der Waals surface area contributed by atoms with Crippen LogP contribution >= 0.6 is 0 Å². The van der Waals surface area contributed by atoms with E-state index in [1.54, 1.807) is 7.11 Å². The topological polar surface area (TPSA) is 96.9 Å². The third-order valence-electron chi connectivity index (χ3n) is 2.83. The molecule has 0 aliphatic heterocycles. The molecular formula is C13H18FN3O3. The van der Waals surface area contributed by atoms with Gasteiger partial charge in [0.05, 0.1) is 17.4 Å². The predicted molar refractivity (Wildman–Crippen MR) is 73.2 cm³/mol. The number of oxime groups is 1. The molecule has 1 rings (SSSR count). The van der Waals surface area contributed by atoms with Crippen molar-refractivity contribution >= 4 is 17.4 Å². The van der Waals surface area contributed by atoms with Crippen molar-refractivity contribution in [1.29, 1.82) is 0 Å². The molecule has 1 aromatic rings. The van der Waals surface area contributed by atoms with E-state index in [0.29, 0.717) is 6.42 Å².